The van der Waals surface area contributed by atoms with Crippen molar-refractivity contribution in [2.75, 3.05) is 11.1 Å². The lowest BCUT2D eigenvalue weighted by Crippen LogP contribution is -2.11. The van der Waals surface area contributed by atoms with E-state index in [0.29, 0.717) is 22.8 Å². The van der Waals surface area contributed by atoms with Crippen LogP contribution in [0, 0.1) is 0 Å². The van der Waals surface area contributed by atoms with E-state index in [1.807, 2.05) is 0 Å². The molecule has 0 fully saturated rings. The second-order valence-corrected chi connectivity index (χ2v) is 4.58. The molecular weight excluding hydrogens is 296 g/mol. The van der Waals surface area contributed by atoms with Crippen LogP contribution in [0.4, 0.5) is 17.2 Å². The average molecular weight is 307 g/mol. The number of carbonyl (C=O) groups excluding carboxylic acids is 1. The van der Waals surface area contributed by atoms with Crippen LogP contribution in [0.3, 0.4) is 0 Å². The van der Waals surface area contributed by atoms with Gasteiger partial charge in [0.05, 0.1) is 5.69 Å². The number of aromatic nitrogens is 1. The van der Waals surface area contributed by atoms with Crippen LogP contribution < -0.4 is 16.8 Å². The summed E-state index contributed by atoms with van der Waals surface area (Å²) in [6.07, 6.45) is 1.64. The van der Waals surface area contributed by atoms with Gasteiger partial charge in [0, 0.05) is 21.9 Å². The van der Waals surface area contributed by atoms with Gasteiger partial charge < -0.3 is 16.8 Å². The van der Waals surface area contributed by atoms with E-state index in [1.165, 1.54) is 0 Å². The van der Waals surface area contributed by atoms with Crippen LogP contribution in [-0.4, -0.2) is 10.9 Å². The van der Waals surface area contributed by atoms with Crippen molar-refractivity contribution in [3.8, 4) is 0 Å². The summed E-state index contributed by atoms with van der Waals surface area (Å²) in [6.45, 7) is 0. The van der Waals surface area contributed by atoms with E-state index in [-0.39, 0.29) is 0 Å². The average Bonchev–Trinajstić information content (AvgIpc) is 2.33. The first kappa shape index (κ1) is 12.4. The molecule has 0 radical (unpaired) electrons. The van der Waals surface area contributed by atoms with E-state index in [1.54, 1.807) is 36.5 Å². The molecule has 1 heterocycles. The zero-order chi connectivity index (χ0) is 13.1. The van der Waals surface area contributed by atoms with Crippen LogP contribution in [-0.2, 0) is 0 Å². The van der Waals surface area contributed by atoms with Crippen LogP contribution >= 0.6 is 15.9 Å². The first-order chi connectivity index (χ1) is 8.56. The second-order valence-electron chi connectivity index (χ2n) is 3.66. The molecule has 1 aromatic carbocycles. The molecule has 5 nitrogen and oxygen atoms in total. The summed E-state index contributed by atoms with van der Waals surface area (Å²) in [6, 6.07) is 8.57. The molecule has 5 N–H and O–H groups in total. The maximum absolute atomic E-state index is 11.1. The van der Waals surface area contributed by atoms with Gasteiger partial charge in [-0.05, 0) is 40.2 Å². The Balaban J connectivity index is 2.28. The third-order valence-electron chi connectivity index (χ3n) is 2.29. The smallest absolute Gasteiger partial charge is 0.248 e. The highest BCUT2D eigenvalue weighted by Gasteiger charge is 2.04. The topological polar surface area (TPSA) is 94.0 Å². The summed E-state index contributed by atoms with van der Waals surface area (Å²) in [7, 11) is 0. The predicted molar refractivity (Wildman–Crippen MR) is 74.6 cm³/mol. The Morgan fingerprint density at radius 1 is 1.33 bits per heavy atom. The van der Waals surface area contributed by atoms with Gasteiger partial charge in [-0.3, -0.25) is 4.79 Å². The Morgan fingerprint density at radius 3 is 2.78 bits per heavy atom. The highest BCUT2D eigenvalue weighted by Crippen LogP contribution is 2.23. The van der Waals surface area contributed by atoms with Gasteiger partial charge in [0.15, 0.2) is 5.82 Å². The minimum atomic E-state index is -0.476. The Labute approximate surface area is 112 Å². The molecule has 0 unspecified atom stereocenters. The van der Waals surface area contributed by atoms with Gasteiger partial charge in [-0.25, -0.2) is 4.98 Å². The normalized spacial score (nSPS) is 10.1. The summed E-state index contributed by atoms with van der Waals surface area (Å²) in [5, 5.41) is 3.03. The lowest BCUT2D eigenvalue weighted by Gasteiger charge is -2.09. The summed E-state index contributed by atoms with van der Waals surface area (Å²) >= 11 is 3.28. The minimum Gasteiger partial charge on any atom is -0.396 e. The van der Waals surface area contributed by atoms with Crippen molar-refractivity contribution in [3.05, 3.63) is 46.6 Å². The molecule has 0 bridgehead atoms. The number of nitrogens with two attached hydrogens (primary N) is 2. The highest BCUT2D eigenvalue weighted by molar-refractivity contribution is 9.10. The van der Waals surface area contributed by atoms with E-state index in [2.05, 4.69) is 26.2 Å². The number of anilines is 3. The van der Waals surface area contributed by atoms with Crippen molar-refractivity contribution >= 4 is 39.0 Å². The molecule has 0 aliphatic carbocycles. The number of halogens is 1. The number of benzene rings is 1. The van der Waals surface area contributed by atoms with Crippen LogP contribution in [0.15, 0.2) is 41.0 Å². The molecule has 1 aromatic heterocycles. The molecule has 92 valence electrons. The van der Waals surface area contributed by atoms with E-state index >= 15 is 0 Å². The maximum Gasteiger partial charge on any atom is 0.248 e. The summed E-state index contributed by atoms with van der Waals surface area (Å²) < 4.78 is 0.802. The van der Waals surface area contributed by atoms with Gasteiger partial charge in [-0.1, -0.05) is 6.07 Å². The molecule has 0 saturated heterocycles. The fourth-order valence-electron chi connectivity index (χ4n) is 1.45. The molecule has 0 spiro atoms. The molecule has 0 aliphatic heterocycles. The van der Waals surface area contributed by atoms with Crippen molar-refractivity contribution in [2.45, 2.75) is 0 Å². The van der Waals surface area contributed by atoms with Crippen molar-refractivity contribution in [1.29, 1.82) is 0 Å². The first-order valence-electron chi connectivity index (χ1n) is 5.14. The number of carbonyl (C=O) groups is 1. The van der Waals surface area contributed by atoms with Crippen molar-refractivity contribution in [2.24, 2.45) is 5.73 Å². The van der Waals surface area contributed by atoms with E-state index in [9.17, 15) is 4.79 Å². The number of hydrogen-bond donors (Lipinski definition) is 3. The van der Waals surface area contributed by atoms with E-state index in [0.717, 1.165) is 4.47 Å². The summed E-state index contributed by atoms with van der Waals surface area (Å²) in [4.78, 5) is 15.2. The van der Waals surface area contributed by atoms with E-state index in [4.69, 9.17) is 11.5 Å². The van der Waals surface area contributed by atoms with Crippen LogP contribution in [0.25, 0.3) is 0 Å². The van der Waals surface area contributed by atoms with Crippen LogP contribution in [0.2, 0.25) is 0 Å². The third kappa shape index (κ3) is 2.78. The Kier molecular flexibility index (Phi) is 3.47. The minimum absolute atomic E-state index is 0.427. The monoisotopic (exact) mass is 306 g/mol. The zero-order valence-electron chi connectivity index (χ0n) is 9.35. The number of amides is 1. The summed E-state index contributed by atoms with van der Waals surface area (Å²) in [5.74, 6) is 0.0511. The molecule has 2 rings (SSSR count). The van der Waals surface area contributed by atoms with Crippen molar-refractivity contribution in [1.82, 2.24) is 4.98 Å². The quantitative estimate of drug-likeness (QED) is 0.810. The largest absolute Gasteiger partial charge is 0.396 e. The summed E-state index contributed by atoms with van der Waals surface area (Å²) in [5.41, 5.74) is 12.7. The van der Waals surface area contributed by atoms with Gasteiger partial charge in [0.1, 0.15) is 0 Å². The van der Waals surface area contributed by atoms with Gasteiger partial charge in [-0.15, -0.1) is 0 Å². The van der Waals surface area contributed by atoms with E-state index < -0.39 is 5.91 Å². The molecule has 1 amide bonds. The molecule has 6 heteroatoms. The predicted octanol–water partition coefficient (Wildman–Crippen LogP) is 2.27. The molecule has 18 heavy (non-hydrogen) atoms. The Bertz CT molecular complexity index is 600. The maximum atomic E-state index is 11.1. The number of hydrogen-bond acceptors (Lipinski definition) is 4. The number of nitrogens with zero attached hydrogens (tertiary/aromatic N) is 1. The van der Waals surface area contributed by atoms with Crippen LogP contribution in [0.1, 0.15) is 10.4 Å². The number of nitrogen functional groups attached to an aromatic ring is 1. The fourth-order valence-corrected chi connectivity index (χ4v) is 1.80. The number of rotatable bonds is 3. The third-order valence-corrected chi connectivity index (χ3v) is 2.73. The molecule has 0 aliphatic rings. The first-order valence-corrected chi connectivity index (χ1v) is 5.93. The second kappa shape index (κ2) is 5.05. The number of nitrogens with one attached hydrogen (secondary N) is 1. The number of pyridine rings is 1. The Hall–Kier alpha value is -2.08. The lowest BCUT2D eigenvalue weighted by atomic mass is 10.2. The van der Waals surface area contributed by atoms with Crippen LogP contribution in [0.5, 0.6) is 0 Å². The van der Waals surface area contributed by atoms with Crippen molar-refractivity contribution in [3.63, 3.8) is 0 Å². The van der Waals surface area contributed by atoms with Gasteiger partial charge in [0.25, 0.3) is 0 Å². The highest BCUT2D eigenvalue weighted by atomic mass is 79.9. The zero-order valence-corrected chi connectivity index (χ0v) is 10.9. The molecule has 0 saturated carbocycles. The van der Waals surface area contributed by atoms with Gasteiger partial charge >= 0.3 is 0 Å². The number of primary amides is 1. The SMILES string of the molecule is NC(=O)c1cccc(Nc2ncc(Br)cc2N)c1. The van der Waals surface area contributed by atoms with Gasteiger partial charge in [0.2, 0.25) is 5.91 Å². The Morgan fingerprint density at radius 2 is 2.11 bits per heavy atom. The van der Waals surface area contributed by atoms with Crippen molar-refractivity contribution < 1.29 is 4.79 Å². The molecule has 0 atom stereocenters. The fraction of sp³-hybridized carbons (Fsp3) is 0. The standard InChI is InChI=1S/C12H11BrN4O/c13-8-5-10(14)12(16-6-8)17-9-3-1-2-7(4-9)11(15)18/h1-6H,14H2,(H2,15,18)(H,16,17). The molecule has 2 aromatic rings. The lowest BCUT2D eigenvalue weighted by molar-refractivity contribution is 0.100. The molecular formula is C12H11BrN4O. The van der Waals surface area contributed by atoms with Gasteiger partial charge in [-0.2, -0.15) is 0 Å².